The van der Waals surface area contributed by atoms with Gasteiger partial charge in [0, 0.05) is 31.2 Å². The van der Waals surface area contributed by atoms with Crippen LogP contribution in [-0.2, 0) is 4.74 Å². The highest BCUT2D eigenvalue weighted by atomic mass is 16.5. The van der Waals surface area contributed by atoms with Crippen molar-refractivity contribution in [1.82, 2.24) is 15.2 Å². The summed E-state index contributed by atoms with van der Waals surface area (Å²) in [6.07, 6.45) is 0.955. The zero-order valence-corrected chi connectivity index (χ0v) is 16.1. The van der Waals surface area contributed by atoms with Crippen molar-refractivity contribution in [3.63, 3.8) is 0 Å². The first-order valence-corrected chi connectivity index (χ1v) is 9.48. The first-order chi connectivity index (χ1) is 13.7. The summed E-state index contributed by atoms with van der Waals surface area (Å²) >= 11 is 0. The number of aromatic nitrogens is 1. The van der Waals surface area contributed by atoms with E-state index in [1.54, 1.807) is 12.1 Å². The van der Waals surface area contributed by atoms with Crippen LogP contribution in [0, 0.1) is 0 Å². The molecule has 1 N–H and O–H groups in total. The zero-order chi connectivity index (χ0) is 19.5. The number of ether oxygens (including phenoxy) is 3. The van der Waals surface area contributed by atoms with E-state index >= 15 is 0 Å². The molecule has 2 aliphatic rings. The normalized spacial score (nSPS) is 24.4. The van der Waals surface area contributed by atoms with E-state index in [4.69, 9.17) is 14.2 Å². The van der Waals surface area contributed by atoms with Crippen LogP contribution < -0.4 is 14.8 Å². The fourth-order valence-electron chi connectivity index (χ4n) is 3.98. The highest BCUT2D eigenvalue weighted by molar-refractivity contribution is 5.96. The van der Waals surface area contributed by atoms with Crippen LogP contribution in [0.15, 0.2) is 42.5 Å². The largest absolute Gasteiger partial charge is 0.481 e. The molecule has 0 radical (unpaired) electrons. The molecule has 2 saturated heterocycles. The number of nitrogens with one attached hydrogen (secondary N) is 1. The Bertz CT molecular complexity index is 830. The van der Waals surface area contributed by atoms with Crippen molar-refractivity contribution in [3.05, 3.63) is 53.6 Å². The van der Waals surface area contributed by atoms with Crippen molar-refractivity contribution in [2.45, 2.75) is 24.6 Å². The molecule has 28 heavy (non-hydrogen) atoms. The van der Waals surface area contributed by atoms with Crippen LogP contribution in [0.1, 0.15) is 28.4 Å². The van der Waals surface area contributed by atoms with Crippen LogP contribution in [0.3, 0.4) is 0 Å². The molecule has 0 spiro atoms. The Balaban J connectivity index is 1.39. The van der Waals surface area contributed by atoms with Gasteiger partial charge in [0.1, 0.15) is 5.56 Å². The molecular formula is C21H25N3O4. The molecule has 7 heteroatoms. The van der Waals surface area contributed by atoms with Crippen LogP contribution in [0.2, 0.25) is 0 Å². The lowest BCUT2D eigenvalue weighted by molar-refractivity contribution is -0.0502. The minimum atomic E-state index is -0.183. The van der Waals surface area contributed by atoms with E-state index < -0.39 is 0 Å². The Morgan fingerprint density at radius 1 is 1.14 bits per heavy atom. The second-order valence-corrected chi connectivity index (χ2v) is 7.16. The minimum absolute atomic E-state index is 0.0717. The predicted molar refractivity (Wildman–Crippen MR) is 104 cm³/mol. The van der Waals surface area contributed by atoms with Gasteiger partial charge in [0.2, 0.25) is 11.8 Å². The smallest absolute Gasteiger partial charge is 0.257 e. The van der Waals surface area contributed by atoms with Crippen LogP contribution in [0.5, 0.6) is 11.8 Å². The van der Waals surface area contributed by atoms with Gasteiger partial charge in [0.05, 0.1) is 26.9 Å². The van der Waals surface area contributed by atoms with Crippen molar-refractivity contribution >= 4 is 5.91 Å². The lowest BCUT2D eigenvalue weighted by atomic mass is 10.1. The molecule has 1 amide bonds. The second-order valence-electron chi connectivity index (χ2n) is 7.16. The van der Waals surface area contributed by atoms with Gasteiger partial charge in [-0.05, 0) is 18.1 Å². The molecule has 2 fully saturated rings. The van der Waals surface area contributed by atoms with Gasteiger partial charge in [0.25, 0.3) is 5.91 Å². The number of nitrogens with zero attached hydrogens (tertiary/aromatic N) is 2. The molecule has 2 aliphatic heterocycles. The summed E-state index contributed by atoms with van der Waals surface area (Å²) in [6, 6.07) is 14.0. The topological polar surface area (TPSA) is 72.9 Å². The molecular weight excluding hydrogens is 358 g/mol. The molecule has 0 bridgehead atoms. The predicted octanol–water partition coefficient (Wildman–Crippen LogP) is 2.04. The maximum Gasteiger partial charge on any atom is 0.257 e. The van der Waals surface area contributed by atoms with Crippen LogP contribution in [-0.4, -0.2) is 61.8 Å². The van der Waals surface area contributed by atoms with Crippen molar-refractivity contribution in [1.29, 1.82) is 0 Å². The lowest BCUT2D eigenvalue weighted by Gasteiger charge is -2.35. The number of hydrogen-bond acceptors (Lipinski definition) is 6. The van der Waals surface area contributed by atoms with Gasteiger partial charge in [0.15, 0.2) is 0 Å². The average Bonchev–Trinajstić information content (AvgIpc) is 3.15. The SMILES string of the molecule is COc1ccc(C(=O)N[C@H]2C[C@H]3CO[C@@H](c4ccccc4)CN3C2)c(OC)n1. The van der Waals surface area contributed by atoms with E-state index in [0.717, 1.165) is 19.5 Å². The average molecular weight is 383 g/mol. The Labute approximate surface area is 164 Å². The quantitative estimate of drug-likeness (QED) is 0.852. The first-order valence-electron chi connectivity index (χ1n) is 9.48. The molecule has 2 aromatic rings. The van der Waals surface area contributed by atoms with Gasteiger partial charge in [-0.25, -0.2) is 0 Å². The van der Waals surface area contributed by atoms with Crippen molar-refractivity contribution in [2.24, 2.45) is 0 Å². The minimum Gasteiger partial charge on any atom is -0.481 e. The number of hydrogen-bond donors (Lipinski definition) is 1. The molecule has 3 atom stereocenters. The van der Waals surface area contributed by atoms with Crippen LogP contribution in [0.25, 0.3) is 0 Å². The summed E-state index contributed by atoms with van der Waals surface area (Å²) < 4.78 is 16.4. The third-order valence-electron chi connectivity index (χ3n) is 5.41. The van der Waals surface area contributed by atoms with E-state index in [9.17, 15) is 4.79 Å². The van der Waals surface area contributed by atoms with Gasteiger partial charge >= 0.3 is 0 Å². The van der Waals surface area contributed by atoms with Crippen molar-refractivity contribution in [3.8, 4) is 11.8 Å². The summed E-state index contributed by atoms with van der Waals surface area (Å²) in [4.78, 5) is 19.3. The third kappa shape index (κ3) is 3.81. The van der Waals surface area contributed by atoms with E-state index in [0.29, 0.717) is 24.1 Å². The molecule has 0 unspecified atom stereocenters. The second kappa shape index (κ2) is 8.16. The maximum absolute atomic E-state index is 12.7. The van der Waals surface area contributed by atoms with Gasteiger partial charge < -0.3 is 19.5 Å². The summed E-state index contributed by atoms with van der Waals surface area (Å²) in [5, 5.41) is 3.12. The zero-order valence-electron chi connectivity index (χ0n) is 16.1. The van der Waals surface area contributed by atoms with E-state index in [2.05, 4.69) is 27.3 Å². The maximum atomic E-state index is 12.7. The van der Waals surface area contributed by atoms with Gasteiger partial charge in [-0.15, -0.1) is 0 Å². The fraction of sp³-hybridized carbons (Fsp3) is 0.429. The summed E-state index contributed by atoms with van der Waals surface area (Å²) in [5.41, 5.74) is 1.61. The lowest BCUT2D eigenvalue weighted by Crippen LogP contribution is -2.43. The fourth-order valence-corrected chi connectivity index (χ4v) is 3.98. The van der Waals surface area contributed by atoms with Crippen molar-refractivity contribution in [2.75, 3.05) is 33.9 Å². The number of rotatable bonds is 5. The Kier molecular flexibility index (Phi) is 5.45. The van der Waals surface area contributed by atoms with Gasteiger partial charge in [-0.1, -0.05) is 30.3 Å². The highest BCUT2D eigenvalue weighted by Gasteiger charge is 2.38. The highest BCUT2D eigenvalue weighted by Crippen LogP contribution is 2.30. The number of carbonyl (C=O) groups is 1. The molecule has 3 heterocycles. The summed E-state index contributed by atoms with van der Waals surface area (Å²) in [6.45, 7) is 2.34. The first kappa shape index (κ1) is 18.7. The molecule has 1 aromatic carbocycles. The Hall–Kier alpha value is -2.64. The number of benzene rings is 1. The number of fused-ring (bicyclic) bond motifs is 1. The summed E-state index contributed by atoms with van der Waals surface area (Å²) in [7, 11) is 3.02. The molecule has 4 rings (SSSR count). The standard InChI is InChI=1S/C21H25N3O4/c1-26-19-9-8-17(21(23-19)27-2)20(25)22-15-10-16-13-28-18(12-24(16)11-15)14-6-4-3-5-7-14/h3-9,15-16,18H,10-13H2,1-2H3,(H,22,25)/t15-,16-,18+/m0/s1. The number of carbonyl (C=O) groups excluding carboxylic acids is 1. The van der Waals surface area contributed by atoms with E-state index in [1.807, 2.05) is 18.2 Å². The monoisotopic (exact) mass is 383 g/mol. The number of morpholine rings is 1. The molecule has 0 aliphatic carbocycles. The number of amides is 1. The Morgan fingerprint density at radius 3 is 2.71 bits per heavy atom. The van der Waals surface area contributed by atoms with Crippen LogP contribution in [0.4, 0.5) is 0 Å². The van der Waals surface area contributed by atoms with E-state index in [1.165, 1.54) is 19.8 Å². The number of methoxy groups -OCH3 is 2. The summed E-state index contributed by atoms with van der Waals surface area (Å²) in [5.74, 6) is 0.493. The van der Waals surface area contributed by atoms with Gasteiger partial charge in [-0.2, -0.15) is 4.98 Å². The molecule has 0 saturated carbocycles. The molecule has 1 aromatic heterocycles. The number of pyridine rings is 1. The molecule has 148 valence electrons. The third-order valence-corrected chi connectivity index (χ3v) is 5.41. The molecule has 7 nitrogen and oxygen atoms in total. The van der Waals surface area contributed by atoms with E-state index in [-0.39, 0.29) is 23.9 Å². The van der Waals surface area contributed by atoms with Crippen molar-refractivity contribution < 1.29 is 19.0 Å². The van der Waals surface area contributed by atoms with Gasteiger partial charge in [-0.3, -0.25) is 9.69 Å². The Morgan fingerprint density at radius 2 is 1.96 bits per heavy atom. The van der Waals surface area contributed by atoms with Crippen LogP contribution >= 0.6 is 0 Å².